The van der Waals surface area contributed by atoms with Gasteiger partial charge >= 0.3 is 0 Å². The standard InChI is InChI=1S/C15H22N2O/c1-2-3-6-9-17-15(18)14-11-16-10-12-7-4-5-8-13(12)14/h4-5,7-8,14,16H,2-3,6,9-11H2,1H3,(H,17,18). The lowest BCUT2D eigenvalue weighted by Gasteiger charge is -2.25. The number of carbonyl (C=O) groups excluding carboxylic acids is 1. The zero-order chi connectivity index (χ0) is 12.8. The molecule has 0 radical (unpaired) electrons. The number of carbonyl (C=O) groups is 1. The van der Waals surface area contributed by atoms with Crippen LogP contribution in [0.5, 0.6) is 0 Å². The first-order valence-electron chi connectivity index (χ1n) is 6.89. The molecule has 0 aromatic heterocycles. The number of hydrogen-bond donors (Lipinski definition) is 2. The van der Waals surface area contributed by atoms with E-state index in [-0.39, 0.29) is 11.8 Å². The van der Waals surface area contributed by atoms with E-state index < -0.39 is 0 Å². The molecule has 2 rings (SSSR count). The first-order valence-corrected chi connectivity index (χ1v) is 6.89. The van der Waals surface area contributed by atoms with Crippen molar-refractivity contribution in [1.82, 2.24) is 10.6 Å². The second-order valence-corrected chi connectivity index (χ2v) is 4.88. The van der Waals surface area contributed by atoms with E-state index >= 15 is 0 Å². The Labute approximate surface area is 109 Å². The molecule has 0 bridgehead atoms. The molecule has 1 aliphatic heterocycles. The van der Waals surface area contributed by atoms with Crippen LogP contribution in [0.2, 0.25) is 0 Å². The van der Waals surface area contributed by atoms with Crippen molar-refractivity contribution in [3.8, 4) is 0 Å². The van der Waals surface area contributed by atoms with Crippen LogP contribution in [-0.2, 0) is 11.3 Å². The minimum absolute atomic E-state index is 0.0309. The summed E-state index contributed by atoms with van der Waals surface area (Å²) in [6, 6.07) is 8.22. The van der Waals surface area contributed by atoms with Gasteiger partial charge in [0.05, 0.1) is 5.92 Å². The third-order valence-corrected chi connectivity index (χ3v) is 3.49. The molecule has 18 heavy (non-hydrogen) atoms. The molecule has 1 aromatic rings. The molecule has 0 saturated carbocycles. The highest BCUT2D eigenvalue weighted by Gasteiger charge is 2.25. The molecule has 0 saturated heterocycles. The molecular formula is C15H22N2O. The molecule has 0 aliphatic carbocycles. The Kier molecular flexibility index (Phi) is 4.76. The van der Waals surface area contributed by atoms with Crippen LogP contribution >= 0.6 is 0 Å². The highest BCUT2D eigenvalue weighted by molar-refractivity contribution is 5.84. The quantitative estimate of drug-likeness (QED) is 0.782. The Morgan fingerprint density at radius 1 is 1.39 bits per heavy atom. The fourth-order valence-electron chi connectivity index (χ4n) is 2.44. The molecule has 2 N–H and O–H groups in total. The fraction of sp³-hybridized carbons (Fsp3) is 0.533. The minimum Gasteiger partial charge on any atom is -0.356 e. The smallest absolute Gasteiger partial charge is 0.228 e. The Hall–Kier alpha value is -1.35. The van der Waals surface area contributed by atoms with Gasteiger partial charge in [-0.05, 0) is 17.5 Å². The lowest BCUT2D eigenvalue weighted by molar-refractivity contribution is -0.122. The number of amides is 1. The third-order valence-electron chi connectivity index (χ3n) is 3.49. The third kappa shape index (κ3) is 3.10. The minimum atomic E-state index is -0.0309. The van der Waals surface area contributed by atoms with Crippen molar-refractivity contribution >= 4 is 5.91 Å². The van der Waals surface area contributed by atoms with Crippen molar-refractivity contribution in [3.63, 3.8) is 0 Å². The molecule has 1 atom stereocenters. The lowest BCUT2D eigenvalue weighted by Crippen LogP contribution is -2.39. The Morgan fingerprint density at radius 3 is 3.06 bits per heavy atom. The van der Waals surface area contributed by atoms with Crippen molar-refractivity contribution in [2.24, 2.45) is 0 Å². The van der Waals surface area contributed by atoms with Crippen LogP contribution < -0.4 is 10.6 Å². The number of hydrogen-bond acceptors (Lipinski definition) is 2. The average molecular weight is 246 g/mol. The van der Waals surface area contributed by atoms with Crippen molar-refractivity contribution in [1.29, 1.82) is 0 Å². The number of benzene rings is 1. The number of nitrogens with one attached hydrogen (secondary N) is 2. The van der Waals surface area contributed by atoms with E-state index in [9.17, 15) is 4.79 Å². The summed E-state index contributed by atoms with van der Waals surface area (Å²) >= 11 is 0. The van der Waals surface area contributed by atoms with Crippen LogP contribution in [0.25, 0.3) is 0 Å². The van der Waals surface area contributed by atoms with E-state index in [4.69, 9.17) is 0 Å². The summed E-state index contributed by atoms with van der Waals surface area (Å²) in [5.74, 6) is 0.127. The second kappa shape index (κ2) is 6.55. The average Bonchev–Trinajstić information content (AvgIpc) is 2.43. The van der Waals surface area contributed by atoms with Gasteiger partial charge in [-0.3, -0.25) is 4.79 Å². The summed E-state index contributed by atoms with van der Waals surface area (Å²) < 4.78 is 0. The summed E-state index contributed by atoms with van der Waals surface area (Å²) in [7, 11) is 0. The van der Waals surface area contributed by atoms with Gasteiger partial charge in [-0.1, -0.05) is 44.0 Å². The van der Waals surface area contributed by atoms with E-state index in [1.165, 1.54) is 24.0 Å². The topological polar surface area (TPSA) is 41.1 Å². The molecule has 0 fully saturated rings. The van der Waals surface area contributed by atoms with Gasteiger partial charge in [0.1, 0.15) is 0 Å². The molecule has 3 heteroatoms. The predicted molar refractivity (Wildman–Crippen MR) is 73.4 cm³/mol. The van der Waals surface area contributed by atoms with Gasteiger partial charge in [0.25, 0.3) is 0 Å². The lowest BCUT2D eigenvalue weighted by atomic mass is 9.90. The molecule has 1 aliphatic rings. The molecule has 3 nitrogen and oxygen atoms in total. The van der Waals surface area contributed by atoms with Gasteiger partial charge in [0.15, 0.2) is 0 Å². The summed E-state index contributed by atoms with van der Waals surface area (Å²) in [4.78, 5) is 12.2. The first-order chi connectivity index (χ1) is 8.83. The Bertz CT molecular complexity index is 403. The molecule has 1 unspecified atom stereocenters. The number of unbranched alkanes of at least 4 members (excludes halogenated alkanes) is 2. The van der Waals surface area contributed by atoms with Crippen molar-refractivity contribution in [2.45, 2.75) is 38.6 Å². The van der Waals surface area contributed by atoms with E-state index in [1.54, 1.807) is 0 Å². The molecule has 1 amide bonds. The predicted octanol–water partition coefficient (Wildman–Crippen LogP) is 2.18. The first kappa shape index (κ1) is 13.1. The van der Waals surface area contributed by atoms with Crippen LogP contribution in [0, 0.1) is 0 Å². The van der Waals surface area contributed by atoms with Gasteiger partial charge in [0.2, 0.25) is 5.91 Å². The van der Waals surface area contributed by atoms with Gasteiger partial charge < -0.3 is 10.6 Å². The highest BCUT2D eigenvalue weighted by Crippen LogP contribution is 2.23. The highest BCUT2D eigenvalue weighted by atomic mass is 16.1. The number of fused-ring (bicyclic) bond motifs is 1. The van der Waals surface area contributed by atoms with Crippen LogP contribution in [0.4, 0.5) is 0 Å². The van der Waals surface area contributed by atoms with Gasteiger partial charge in [-0.25, -0.2) is 0 Å². The maximum absolute atomic E-state index is 12.2. The zero-order valence-electron chi connectivity index (χ0n) is 11.0. The van der Waals surface area contributed by atoms with Crippen LogP contribution in [0.1, 0.15) is 43.2 Å². The zero-order valence-corrected chi connectivity index (χ0v) is 11.0. The summed E-state index contributed by atoms with van der Waals surface area (Å²) in [6.07, 6.45) is 3.44. The largest absolute Gasteiger partial charge is 0.356 e. The molecular weight excluding hydrogens is 224 g/mol. The van der Waals surface area contributed by atoms with Gasteiger partial charge in [-0.15, -0.1) is 0 Å². The van der Waals surface area contributed by atoms with E-state index in [0.29, 0.717) is 0 Å². The fourth-order valence-corrected chi connectivity index (χ4v) is 2.44. The maximum atomic E-state index is 12.2. The monoisotopic (exact) mass is 246 g/mol. The van der Waals surface area contributed by atoms with E-state index in [0.717, 1.165) is 26.1 Å². The molecule has 1 aromatic carbocycles. The normalized spacial score (nSPS) is 18.2. The Balaban J connectivity index is 1.95. The maximum Gasteiger partial charge on any atom is 0.228 e. The SMILES string of the molecule is CCCCCNC(=O)C1CNCc2ccccc21. The van der Waals surface area contributed by atoms with Gasteiger partial charge in [-0.2, -0.15) is 0 Å². The summed E-state index contributed by atoms with van der Waals surface area (Å²) in [5.41, 5.74) is 2.43. The van der Waals surface area contributed by atoms with Crippen LogP contribution in [-0.4, -0.2) is 19.0 Å². The summed E-state index contributed by atoms with van der Waals surface area (Å²) in [5, 5.41) is 6.36. The van der Waals surface area contributed by atoms with Crippen LogP contribution in [0.15, 0.2) is 24.3 Å². The number of rotatable bonds is 5. The van der Waals surface area contributed by atoms with Crippen molar-refractivity contribution < 1.29 is 4.79 Å². The van der Waals surface area contributed by atoms with Crippen LogP contribution in [0.3, 0.4) is 0 Å². The van der Waals surface area contributed by atoms with Crippen molar-refractivity contribution in [2.75, 3.05) is 13.1 Å². The Morgan fingerprint density at radius 2 is 2.22 bits per heavy atom. The molecule has 98 valence electrons. The van der Waals surface area contributed by atoms with E-state index in [2.05, 4.69) is 29.7 Å². The summed E-state index contributed by atoms with van der Waals surface area (Å²) in [6.45, 7) is 4.58. The second-order valence-electron chi connectivity index (χ2n) is 4.88. The van der Waals surface area contributed by atoms with Gasteiger partial charge in [0, 0.05) is 19.6 Å². The molecule has 1 heterocycles. The van der Waals surface area contributed by atoms with E-state index in [1.807, 2.05) is 12.1 Å². The molecule has 0 spiro atoms. The van der Waals surface area contributed by atoms with Crippen molar-refractivity contribution in [3.05, 3.63) is 35.4 Å².